The van der Waals surface area contributed by atoms with Crippen molar-refractivity contribution in [3.8, 4) is 39.5 Å². The molecule has 0 aliphatic carbocycles. The fourth-order valence-corrected chi connectivity index (χ4v) is 12.1. The van der Waals surface area contributed by atoms with E-state index >= 15 is 0 Å². The Morgan fingerprint density at radius 3 is 1.81 bits per heavy atom. The minimum atomic E-state index is -1.92. The number of rotatable bonds is 7. The van der Waals surface area contributed by atoms with Crippen LogP contribution in [0.3, 0.4) is 0 Å². The Morgan fingerprint density at radius 2 is 1.21 bits per heavy atom. The smallest absolute Gasteiger partial charge is 0 e. The minimum absolute atomic E-state index is 0. The second-order valence-corrected chi connectivity index (χ2v) is 31.2. The summed E-state index contributed by atoms with van der Waals surface area (Å²) >= 11 is -1.92. The molecule has 0 saturated carbocycles. The Labute approximate surface area is 412 Å². The number of para-hydroxylation sites is 4. The summed E-state index contributed by atoms with van der Waals surface area (Å²) in [5.41, 5.74) is 16.7. The third kappa shape index (κ3) is 8.45. The van der Waals surface area contributed by atoms with Gasteiger partial charge >= 0.3 is 201 Å². The van der Waals surface area contributed by atoms with Crippen LogP contribution in [0, 0.1) is 12.1 Å². The molecule has 7 aromatic carbocycles. The normalized spacial score (nSPS) is 12.2. The summed E-state index contributed by atoms with van der Waals surface area (Å²) in [6.07, 6.45) is 1.95. The molecule has 0 unspecified atom stereocenters. The average Bonchev–Trinajstić information content (AvgIpc) is 3.98. The standard InChI is InChI=1S/C46H42GeN3.C15H16N.Ir/c1-28(2)36-24-31(30-20-22-33(23-21-30)47(5,6)7)25-37(29(3)4)44(36)50-43-19-13-10-16-40(43)48-46(50)32-26-38-34-14-8-11-17-41(34)49-42-18-12-9-15-35(42)39(27-32)45(38)49;1-15(2,3)13-9-10-14(16-11-13)12-7-5-4-6-8-12;/h8-26,28-29H,1-7H3;4-7,9-11H,1-3H3;/q2*-1;. The van der Waals surface area contributed by atoms with Gasteiger partial charge in [0, 0.05) is 37.3 Å². The Balaban J connectivity index is 0.000000281. The molecule has 0 fully saturated rings. The van der Waals surface area contributed by atoms with Crippen LogP contribution in [0.4, 0.5) is 0 Å². The minimum Gasteiger partial charge on any atom is 0 e. The van der Waals surface area contributed by atoms with Crippen molar-refractivity contribution < 1.29 is 20.1 Å². The van der Waals surface area contributed by atoms with Gasteiger partial charge in [-0.3, -0.25) is 0 Å². The monoisotopic (exact) mass is 1110 g/mol. The zero-order chi connectivity index (χ0) is 46.1. The van der Waals surface area contributed by atoms with Crippen LogP contribution in [0.5, 0.6) is 0 Å². The molecule has 0 aliphatic rings. The molecule has 0 aliphatic heterocycles. The molecule has 1 radical (unpaired) electrons. The Morgan fingerprint density at radius 1 is 0.597 bits per heavy atom. The molecule has 4 nitrogen and oxygen atoms in total. The van der Waals surface area contributed by atoms with E-state index in [-0.39, 0.29) is 25.5 Å². The van der Waals surface area contributed by atoms with Gasteiger partial charge in [0.15, 0.2) is 0 Å². The van der Waals surface area contributed by atoms with Gasteiger partial charge in [-0.1, -0.05) is 91.5 Å². The van der Waals surface area contributed by atoms with Crippen molar-refractivity contribution >= 4 is 66.8 Å². The van der Waals surface area contributed by atoms with E-state index in [0.29, 0.717) is 11.8 Å². The van der Waals surface area contributed by atoms with Crippen molar-refractivity contribution in [1.82, 2.24) is 18.9 Å². The van der Waals surface area contributed by atoms with E-state index in [4.69, 9.17) is 4.98 Å². The quantitative estimate of drug-likeness (QED) is 0.118. The maximum Gasteiger partial charge on any atom is 0 e. The van der Waals surface area contributed by atoms with Crippen LogP contribution < -0.4 is 4.40 Å². The van der Waals surface area contributed by atoms with Crippen LogP contribution in [0.15, 0.2) is 158 Å². The molecule has 11 aromatic rings. The molecule has 67 heavy (non-hydrogen) atoms. The average molecular weight is 1110 g/mol. The number of aromatic nitrogens is 4. The van der Waals surface area contributed by atoms with Gasteiger partial charge in [0.2, 0.25) is 0 Å². The van der Waals surface area contributed by atoms with Crippen LogP contribution in [0.2, 0.25) is 17.3 Å². The molecule has 4 heterocycles. The first-order chi connectivity index (χ1) is 31.7. The van der Waals surface area contributed by atoms with Crippen LogP contribution in [-0.2, 0) is 25.5 Å². The molecule has 337 valence electrons. The molecule has 0 N–H and O–H groups in total. The van der Waals surface area contributed by atoms with Crippen molar-refractivity contribution in [3.05, 3.63) is 187 Å². The first kappa shape index (κ1) is 46.3. The molecule has 0 amide bonds. The fourth-order valence-electron chi connectivity index (χ4n) is 9.61. The summed E-state index contributed by atoms with van der Waals surface area (Å²) in [5, 5.41) is 4.87. The van der Waals surface area contributed by atoms with E-state index in [1.165, 1.54) is 70.6 Å². The van der Waals surface area contributed by atoms with E-state index in [0.717, 1.165) is 39.1 Å². The van der Waals surface area contributed by atoms with Gasteiger partial charge in [0.05, 0.1) is 0 Å². The third-order valence-corrected chi connectivity index (χ3v) is 17.6. The van der Waals surface area contributed by atoms with Gasteiger partial charge < -0.3 is 9.38 Å². The first-order valence-corrected chi connectivity index (χ1v) is 30.8. The van der Waals surface area contributed by atoms with E-state index < -0.39 is 13.3 Å². The third-order valence-electron chi connectivity index (χ3n) is 13.3. The van der Waals surface area contributed by atoms with Crippen molar-refractivity contribution in [2.24, 2.45) is 0 Å². The molecule has 4 aromatic heterocycles. The molecular weight excluding hydrogens is 1050 g/mol. The van der Waals surface area contributed by atoms with E-state index in [9.17, 15) is 0 Å². The predicted molar refractivity (Wildman–Crippen MR) is 284 cm³/mol. The van der Waals surface area contributed by atoms with Gasteiger partial charge in [-0.2, -0.15) is 0 Å². The van der Waals surface area contributed by atoms with E-state index in [2.05, 4.69) is 219 Å². The Kier molecular flexibility index (Phi) is 12.4. The predicted octanol–water partition coefficient (Wildman–Crippen LogP) is 15.9. The number of fused-ring (bicyclic) bond motifs is 7. The van der Waals surface area contributed by atoms with Gasteiger partial charge in [0.25, 0.3) is 0 Å². The summed E-state index contributed by atoms with van der Waals surface area (Å²) in [7, 11) is 0. The SMILES string of the molecule is CC(C)(C)c1ccc(-c2[c-]cccc2)nc1.CC(C)c1cc(-c2cc[c]([Ge]([CH3])([CH3])[CH3])cc2)cc(C(C)C)c1-n1c(-c2[c-]c3c4ccccc4n4c5ccccc5c(c2)c34)nc2ccccc21.[Ir]. The number of hydrogen-bond acceptors (Lipinski definition) is 2. The zero-order valence-corrected chi connectivity index (χ0v) is 44.8. The maximum absolute atomic E-state index is 5.42. The molecule has 0 saturated heterocycles. The largest absolute Gasteiger partial charge is 0 e. The van der Waals surface area contributed by atoms with Crippen molar-refractivity contribution in [2.75, 3.05) is 0 Å². The van der Waals surface area contributed by atoms with Gasteiger partial charge in [0.1, 0.15) is 0 Å². The van der Waals surface area contributed by atoms with Crippen LogP contribution in [-0.4, -0.2) is 32.2 Å². The Hall–Kier alpha value is -5.85. The van der Waals surface area contributed by atoms with Gasteiger partial charge in [-0.25, -0.2) is 0 Å². The number of benzene rings is 7. The zero-order valence-electron chi connectivity index (χ0n) is 40.3. The maximum atomic E-state index is 5.42. The molecule has 0 spiro atoms. The van der Waals surface area contributed by atoms with Crippen molar-refractivity contribution in [1.29, 1.82) is 0 Å². The van der Waals surface area contributed by atoms with Gasteiger partial charge in [-0.05, 0) is 39.7 Å². The number of hydrogen-bond donors (Lipinski definition) is 0. The summed E-state index contributed by atoms with van der Waals surface area (Å²) in [6, 6.07) is 62.0. The molecule has 0 atom stereocenters. The first-order valence-electron chi connectivity index (χ1n) is 23.5. The molecule has 11 rings (SSSR count). The topological polar surface area (TPSA) is 35.1 Å². The number of imidazole rings is 1. The number of nitrogens with zero attached hydrogens (tertiary/aromatic N) is 4. The second-order valence-electron chi connectivity index (χ2n) is 20.5. The van der Waals surface area contributed by atoms with Crippen LogP contribution in [0.25, 0.3) is 88.6 Å². The summed E-state index contributed by atoms with van der Waals surface area (Å²) in [5.74, 6) is 8.92. The molecular formula is C61H58GeIrN4-2. The van der Waals surface area contributed by atoms with Crippen LogP contribution >= 0.6 is 0 Å². The van der Waals surface area contributed by atoms with E-state index in [1.807, 2.05) is 30.5 Å². The Bertz CT molecular complexity index is 3420. The second kappa shape index (κ2) is 18.0. The summed E-state index contributed by atoms with van der Waals surface area (Å²) in [4.78, 5) is 9.91. The summed E-state index contributed by atoms with van der Waals surface area (Å²) in [6.45, 7) is 15.9. The van der Waals surface area contributed by atoms with Crippen molar-refractivity contribution in [2.45, 2.75) is 83.0 Å². The fraction of sp³-hybridized carbons (Fsp3) is 0.213. The molecule has 6 heteroatoms. The summed E-state index contributed by atoms with van der Waals surface area (Å²) < 4.78 is 6.40. The van der Waals surface area contributed by atoms with E-state index in [1.54, 1.807) is 0 Å². The molecule has 0 bridgehead atoms. The van der Waals surface area contributed by atoms with Crippen LogP contribution in [0.1, 0.15) is 77.0 Å². The number of pyridine rings is 1. The van der Waals surface area contributed by atoms with Crippen molar-refractivity contribution in [3.63, 3.8) is 0 Å². The van der Waals surface area contributed by atoms with Gasteiger partial charge in [-0.15, -0.1) is 35.9 Å².